The van der Waals surface area contributed by atoms with Crippen molar-refractivity contribution in [2.75, 3.05) is 49.1 Å². The maximum atomic E-state index is 12.7. The van der Waals surface area contributed by atoms with Crippen molar-refractivity contribution >= 4 is 17.3 Å². The Bertz CT molecular complexity index is 773. The highest BCUT2D eigenvalue weighted by atomic mass is 16.2. The van der Waals surface area contributed by atoms with E-state index in [1.165, 1.54) is 22.5 Å². The van der Waals surface area contributed by atoms with E-state index in [4.69, 9.17) is 0 Å². The van der Waals surface area contributed by atoms with Crippen LogP contribution in [-0.4, -0.2) is 50.1 Å². The average Bonchev–Trinajstić information content (AvgIpc) is 2.69. The van der Waals surface area contributed by atoms with E-state index in [9.17, 15) is 4.79 Å². The SMILES string of the molecule is CCN(CC)c1ccc(N2CCN(C(=O)c3ccc(C)cc3)CC2)c(C)c1. The Morgan fingerprint density at radius 2 is 1.56 bits per heavy atom. The lowest BCUT2D eigenvalue weighted by atomic mass is 10.1. The Hall–Kier alpha value is -2.49. The predicted octanol–water partition coefficient (Wildman–Crippen LogP) is 4.11. The van der Waals surface area contributed by atoms with Gasteiger partial charge in [-0.15, -0.1) is 0 Å². The second-order valence-corrected chi connectivity index (χ2v) is 7.29. The monoisotopic (exact) mass is 365 g/mol. The molecule has 2 aromatic rings. The smallest absolute Gasteiger partial charge is 0.253 e. The van der Waals surface area contributed by atoms with Crippen molar-refractivity contribution in [3.05, 3.63) is 59.2 Å². The van der Waals surface area contributed by atoms with Gasteiger partial charge >= 0.3 is 0 Å². The van der Waals surface area contributed by atoms with Crippen LogP contribution in [0.2, 0.25) is 0 Å². The summed E-state index contributed by atoms with van der Waals surface area (Å²) in [5, 5.41) is 0. The third kappa shape index (κ3) is 4.26. The van der Waals surface area contributed by atoms with Gasteiger partial charge in [0.05, 0.1) is 0 Å². The fraction of sp³-hybridized carbons (Fsp3) is 0.435. The van der Waals surface area contributed by atoms with Gasteiger partial charge in [-0.05, 0) is 63.6 Å². The number of aryl methyl sites for hydroxylation is 2. The van der Waals surface area contributed by atoms with E-state index in [0.29, 0.717) is 0 Å². The third-order valence-corrected chi connectivity index (χ3v) is 5.52. The van der Waals surface area contributed by atoms with E-state index in [2.05, 4.69) is 48.8 Å². The summed E-state index contributed by atoms with van der Waals surface area (Å²) in [6, 6.07) is 14.6. The summed E-state index contributed by atoms with van der Waals surface area (Å²) < 4.78 is 0. The van der Waals surface area contributed by atoms with E-state index in [-0.39, 0.29) is 5.91 Å². The molecular formula is C23H31N3O. The molecule has 0 atom stereocenters. The number of nitrogens with zero attached hydrogens (tertiary/aromatic N) is 3. The molecule has 144 valence electrons. The largest absolute Gasteiger partial charge is 0.372 e. The molecule has 1 aliphatic rings. The first-order valence-corrected chi connectivity index (χ1v) is 10.00. The molecule has 2 aromatic carbocycles. The van der Waals surface area contributed by atoms with Gasteiger partial charge in [-0.25, -0.2) is 0 Å². The number of amides is 1. The molecule has 1 saturated heterocycles. The van der Waals surface area contributed by atoms with Crippen molar-refractivity contribution in [1.82, 2.24) is 4.90 Å². The number of carbonyl (C=O) groups excluding carboxylic acids is 1. The van der Waals surface area contributed by atoms with Crippen molar-refractivity contribution in [3.63, 3.8) is 0 Å². The molecule has 0 aliphatic carbocycles. The van der Waals surface area contributed by atoms with Crippen LogP contribution >= 0.6 is 0 Å². The third-order valence-electron chi connectivity index (χ3n) is 5.52. The second-order valence-electron chi connectivity index (χ2n) is 7.29. The van der Waals surface area contributed by atoms with Crippen molar-refractivity contribution in [3.8, 4) is 0 Å². The number of piperazine rings is 1. The van der Waals surface area contributed by atoms with Crippen LogP contribution in [-0.2, 0) is 0 Å². The first kappa shape index (κ1) is 19.3. The predicted molar refractivity (Wildman–Crippen MR) is 114 cm³/mol. The van der Waals surface area contributed by atoms with Crippen LogP contribution in [0.1, 0.15) is 35.3 Å². The fourth-order valence-corrected chi connectivity index (χ4v) is 3.81. The van der Waals surface area contributed by atoms with E-state index >= 15 is 0 Å². The summed E-state index contributed by atoms with van der Waals surface area (Å²) >= 11 is 0. The first-order chi connectivity index (χ1) is 13.0. The highest BCUT2D eigenvalue weighted by Crippen LogP contribution is 2.27. The van der Waals surface area contributed by atoms with Crippen molar-refractivity contribution in [2.24, 2.45) is 0 Å². The molecule has 1 heterocycles. The van der Waals surface area contributed by atoms with Crippen LogP contribution in [0.3, 0.4) is 0 Å². The minimum absolute atomic E-state index is 0.142. The Morgan fingerprint density at radius 3 is 2.11 bits per heavy atom. The second kappa shape index (κ2) is 8.47. The van der Waals surface area contributed by atoms with Gasteiger partial charge in [-0.2, -0.15) is 0 Å². The minimum atomic E-state index is 0.142. The van der Waals surface area contributed by atoms with Crippen LogP contribution in [0.5, 0.6) is 0 Å². The quantitative estimate of drug-likeness (QED) is 0.798. The molecule has 0 aromatic heterocycles. The maximum Gasteiger partial charge on any atom is 0.253 e. The summed E-state index contributed by atoms with van der Waals surface area (Å²) in [5.74, 6) is 0.142. The standard InChI is InChI=1S/C23H31N3O/c1-5-24(6-2)21-11-12-22(19(4)17-21)25-13-15-26(16-14-25)23(27)20-9-7-18(3)8-10-20/h7-12,17H,5-6,13-16H2,1-4H3. The zero-order chi connectivity index (χ0) is 19.4. The number of hydrogen-bond donors (Lipinski definition) is 0. The lowest BCUT2D eigenvalue weighted by Crippen LogP contribution is -2.49. The van der Waals surface area contributed by atoms with Gasteiger partial charge in [0.2, 0.25) is 0 Å². The molecule has 0 unspecified atom stereocenters. The maximum absolute atomic E-state index is 12.7. The molecule has 0 bridgehead atoms. The van der Waals surface area contributed by atoms with E-state index in [1.54, 1.807) is 0 Å². The topological polar surface area (TPSA) is 26.8 Å². The zero-order valence-electron chi connectivity index (χ0n) is 17.0. The molecule has 4 heteroatoms. The molecule has 1 aliphatic heterocycles. The number of anilines is 2. The van der Waals surface area contributed by atoms with Crippen LogP contribution in [0.15, 0.2) is 42.5 Å². The van der Waals surface area contributed by atoms with Gasteiger partial charge in [0, 0.05) is 56.2 Å². The van der Waals surface area contributed by atoms with Gasteiger partial charge in [-0.1, -0.05) is 17.7 Å². The fourth-order valence-electron chi connectivity index (χ4n) is 3.81. The number of rotatable bonds is 5. The van der Waals surface area contributed by atoms with Crippen LogP contribution in [0.4, 0.5) is 11.4 Å². The van der Waals surface area contributed by atoms with E-state index in [0.717, 1.165) is 44.8 Å². The van der Waals surface area contributed by atoms with Crippen LogP contribution < -0.4 is 9.80 Å². The van der Waals surface area contributed by atoms with Crippen LogP contribution in [0.25, 0.3) is 0 Å². The zero-order valence-corrected chi connectivity index (χ0v) is 17.0. The van der Waals surface area contributed by atoms with Gasteiger partial charge in [0.25, 0.3) is 5.91 Å². The molecule has 0 spiro atoms. The molecule has 0 radical (unpaired) electrons. The minimum Gasteiger partial charge on any atom is -0.372 e. The Balaban J connectivity index is 1.65. The highest BCUT2D eigenvalue weighted by Gasteiger charge is 2.23. The molecule has 27 heavy (non-hydrogen) atoms. The Labute approximate surface area is 163 Å². The highest BCUT2D eigenvalue weighted by molar-refractivity contribution is 5.94. The molecule has 4 nitrogen and oxygen atoms in total. The van der Waals surface area contributed by atoms with Gasteiger partial charge in [0.15, 0.2) is 0 Å². The normalized spacial score (nSPS) is 14.4. The first-order valence-electron chi connectivity index (χ1n) is 10.00. The molecular weight excluding hydrogens is 334 g/mol. The lowest BCUT2D eigenvalue weighted by molar-refractivity contribution is 0.0747. The van der Waals surface area contributed by atoms with Crippen molar-refractivity contribution < 1.29 is 4.79 Å². The molecule has 1 amide bonds. The van der Waals surface area contributed by atoms with Crippen molar-refractivity contribution in [1.29, 1.82) is 0 Å². The lowest BCUT2D eigenvalue weighted by Gasteiger charge is -2.37. The summed E-state index contributed by atoms with van der Waals surface area (Å²) in [6.07, 6.45) is 0. The summed E-state index contributed by atoms with van der Waals surface area (Å²) in [5.41, 5.74) is 5.84. The van der Waals surface area contributed by atoms with E-state index < -0.39 is 0 Å². The van der Waals surface area contributed by atoms with Crippen molar-refractivity contribution in [2.45, 2.75) is 27.7 Å². The molecule has 3 rings (SSSR count). The van der Waals surface area contributed by atoms with Gasteiger partial charge in [-0.3, -0.25) is 4.79 Å². The van der Waals surface area contributed by atoms with Gasteiger partial charge in [0.1, 0.15) is 0 Å². The van der Waals surface area contributed by atoms with Crippen LogP contribution in [0, 0.1) is 13.8 Å². The Morgan fingerprint density at radius 1 is 0.926 bits per heavy atom. The summed E-state index contributed by atoms with van der Waals surface area (Å²) in [7, 11) is 0. The van der Waals surface area contributed by atoms with E-state index in [1.807, 2.05) is 36.1 Å². The number of benzene rings is 2. The molecule has 1 fully saturated rings. The Kier molecular flexibility index (Phi) is 6.04. The average molecular weight is 366 g/mol. The van der Waals surface area contributed by atoms with Gasteiger partial charge < -0.3 is 14.7 Å². The molecule has 0 saturated carbocycles. The molecule has 0 N–H and O–H groups in total. The summed E-state index contributed by atoms with van der Waals surface area (Å²) in [4.78, 5) is 19.5. The summed E-state index contributed by atoms with van der Waals surface area (Å²) in [6.45, 7) is 13.9. The number of hydrogen-bond acceptors (Lipinski definition) is 3. The number of carbonyl (C=O) groups is 1.